The molecule has 1 amide bonds. The van der Waals surface area contributed by atoms with Crippen molar-refractivity contribution in [1.82, 2.24) is 4.90 Å². The molecule has 0 aromatic heterocycles. The van der Waals surface area contributed by atoms with Gasteiger partial charge in [-0.3, -0.25) is 4.79 Å². The second-order valence-corrected chi connectivity index (χ2v) is 5.32. The number of carbonyl (C=O) groups is 1. The number of halogens is 1. The summed E-state index contributed by atoms with van der Waals surface area (Å²) < 4.78 is 0. The number of hydrogen-bond acceptors (Lipinski definition) is 2. The highest BCUT2D eigenvalue weighted by molar-refractivity contribution is 5.85. The molecule has 3 nitrogen and oxygen atoms in total. The van der Waals surface area contributed by atoms with Gasteiger partial charge in [-0.25, -0.2) is 0 Å². The average molecular weight is 247 g/mol. The monoisotopic (exact) mass is 246 g/mol. The molecule has 0 aromatic rings. The molecule has 0 heterocycles. The smallest absolute Gasteiger partial charge is 0.229 e. The fourth-order valence-corrected chi connectivity index (χ4v) is 2.73. The molecule has 2 aliphatic rings. The van der Waals surface area contributed by atoms with E-state index in [1.54, 1.807) is 0 Å². The van der Waals surface area contributed by atoms with Gasteiger partial charge in [-0.1, -0.05) is 12.8 Å². The lowest BCUT2D eigenvalue weighted by atomic mass is 9.84. The van der Waals surface area contributed by atoms with E-state index in [-0.39, 0.29) is 17.8 Å². The van der Waals surface area contributed by atoms with Crippen molar-refractivity contribution in [2.75, 3.05) is 20.1 Å². The van der Waals surface area contributed by atoms with E-state index in [1.807, 2.05) is 11.9 Å². The molecule has 2 aliphatic carbocycles. The predicted molar refractivity (Wildman–Crippen MR) is 67.6 cm³/mol. The van der Waals surface area contributed by atoms with Crippen molar-refractivity contribution >= 4 is 18.3 Å². The molecule has 0 unspecified atom stereocenters. The topological polar surface area (TPSA) is 46.3 Å². The average Bonchev–Trinajstić information content (AvgIpc) is 2.92. The van der Waals surface area contributed by atoms with Crippen LogP contribution in [0.15, 0.2) is 0 Å². The zero-order valence-corrected chi connectivity index (χ0v) is 10.9. The predicted octanol–water partition coefficient (Wildman–Crippen LogP) is 1.80. The molecule has 16 heavy (non-hydrogen) atoms. The van der Waals surface area contributed by atoms with Crippen LogP contribution in [0.2, 0.25) is 0 Å². The maximum absolute atomic E-state index is 12.3. The lowest BCUT2D eigenvalue weighted by Gasteiger charge is -2.31. The van der Waals surface area contributed by atoms with Crippen LogP contribution in [0, 0.1) is 11.3 Å². The van der Waals surface area contributed by atoms with E-state index in [2.05, 4.69) is 0 Å². The third-order valence-electron chi connectivity index (χ3n) is 3.98. The molecule has 0 atom stereocenters. The number of nitrogens with two attached hydrogens (primary N) is 1. The van der Waals surface area contributed by atoms with Gasteiger partial charge in [0.15, 0.2) is 0 Å². The Morgan fingerprint density at radius 2 is 1.94 bits per heavy atom. The summed E-state index contributed by atoms with van der Waals surface area (Å²) in [5.74, 6) is 1.07. The molecule has 2 fully saturated rings. The summed E-state index contributed by atoms with van der Waals surface area (Å²) in [7, 11) is 1.94. The van der Waals surface area contributed by atoms with Gasteiger partial charge >= 0.3 is 0 Å². The van der Waals surface area contributed by atoms with Gasteiger partial charge in [-0.05, 0) is 31.6 Å². The number of carbonyl (C=O) groups excluding carboxylic acids is 1. The highest BCUT2D eigenvalue weighted by Gasteiger charge is 2.42. The fourth-order valence-electron chi connectivity index (χ4n) is 2.73. The second kappa shape index (κ2) is 5.37. The van der Waals surface area contributed by atoms with Crippen LogP contribution in [0.5, 0.6) is 0 Å². The van der Waals surface area contributed by atoms with Gasteiger partial charge in [0.25, 0.3) is 0 Å². The van der Waals surface area contributed by atoms with E-state index in [1.165, 1.54) is 25.7 Å². The Labute approximate surface area is 104 Å². The van der Waals surface area contributed by atoms with Gasteiger partial charge in [-0.15, -0.1) is 12.4 Å². The standard InChI is InChI=1S/C12H22N2O.ClH/c1-14(8-10-4-5-10)11(15)12(9-13)6-2-3-7-12;/h10H,2-9,13H2,1H3;1H. The molecule has 94 valence electrons. The second-order valence-electron chi connectivity index (χ2n) is 5.32. The number of amides is 1. The summed E-state index contributed by atoms with van der Waals surface area (Å²) in [6.07, 6.45) is 6.93. The zero-order valence-electron chi connectivity index (χ0n) is 10.1. The highest BCUT2D eigenvalue weighted by atomic mass is 35.5. The van der Waals surface area contributed by atoms with E-state index < -0.39 is 0 Å². The summed E-state index contributed by atoms with van der Waals surface area (Å²) >= 11 is 0. The van der Waals surface area contributed by atoms with Crippen LogP contribution in [-0.2, 0) is 4.79 Å². The molecule has 0 spiro atoms. The minimum atomic E-state index is -0.205. The largest absolute Gasteiger partial charge is 0.345 e. The molecule has 0 radical (unpaired) electrons. The van der Waals surface area contributed by atoms with Crippen molar-refractivity contribution in [3.05, 3.63) is 0 Å². The van der Waals surface area contributed by atoms with Crippen molar-refractivity contribution in [1.29, 1.82) is 0 Å². The maximum atomic E-state index is 12.3. The minimum Gasteiger partial charge on any atom is -0.345 e. The molecule has 2 rings (SSSR count). The van der Waals surface area contributed by atoms with Crippen LogP contribution in [0.1, 0.15) is 38.5 Å². The molecule has 0 aromatic carbocycles. The van der Waals surface area contributed by atoms with Crippen LogP contribution in [0.3, 0.4) is 0 Å². The summed E-state index contributed by atoms with van der Waals surface area (Å²) in [6.45, 7) is 1.47. The number of hydrogen-bond donors (Lipinski definition) is 1. The van der Waals surface area contributed by atoms with Gasteiger partial charge < -0.3 is 10.6 Å². The zero-order chi connectivity index (χ0) is 10.9. The Morgan fingerprint density at radius 3 is 2.38 bits per heavy atom. The van der Waals surface area contributed by atoms with Gasteiger partial charge in [0.2, 0.25) is 5.91 Å². The van der Waals surface area contributed by atoms with Crippen molar-refractivity contribution < 1.29 is 4.79 Å². The van der Waals surface area contributed by atoms with Gasteiger partial charge in [-0.2, -0.15) is 0 Å². The minimum absolute atomic E-state index is 0. The van der Waals surface area contributed by atoms with Gasteiger partial charge in [0.1, 0.15) is 0 Å². The maximum Gasteiger partial charge on any atom is 0.229 e. The van der Waals surface area contributed by atoms with Crippen LogP contribution in [0.4, 0.5) is 0 Å². The van der Waals surface area contributed by atoms with Crippen molar-refractivity contribution in [3.63, 3.8) is 0 Å². The van der Waals surface area contributed by atoms with E-state index in [4.69, 9.17) is 5.73 Å². The molecule has 0 saturated heterocycles. The van der Waals surface area contributed by atoms with Crippen molar-refractivity contribution in [2.24, 2.45) is 17.1 Å². The summed E-state index contributed by atoms with van der Waals surface area (Å²) in [5.41, 5.74) is 5.60. The number of nitrogens with zero attached hydrogens (tertiary/aromatic N) is 1. The normalized spacial score (nSPS) is 22.6. The highest BCUT2D eigenvalue weighted by Crippen LogP contribution is 2.39. The molecule has 2 saturated carbocycles. The van der Waals surface area contributed by atoms with Gasteiger partial charge in [0, 0.05) is 20.1 Å². The third kappa shape index (κ3) is 2.69. The summed E-state index contributed by atoms with van der Waals surface area (Å²) in [6, 6.07) is 0. The molecule has 0 aliphatic heterocycles. The Balaban J connectivity index is 0.00000128. The van der Waals surface area contributed by atoms with Crippen LogP contribution in [0.25, 0.3) is 0 Å². The Morgan fingerprint density at radius 1 is 1.38 bits per heavy atom. The quantitative estimate of drug-likeness (QED) is 0.822. The van der Waals surface area contributed by atoms with E-state index in [0.29, 0.717) is 12.5 Å². The van der Waals surface area contributed by atoms with Crippen LogP contribution >= 0.6 is 12.4 Å². The lowest BCUT2D eigenvalue weighted by Crippen LogP contribution is -2.45. The van der Waals surface area contributed by atoms with Crippen molar-refractivity contribution in [3.8, 4) is 0 Å². The summed E-state index contributed by atoms with van der Waals surface area (Å²) in [4.78, 5) is 14.2. The van der Waals surface area contributed by atoms with E-state index in [9.17, 15) is 4.79 Å². The van der Waals surface area contributed by atoms with E-state index >= 15 is 0 Å². The third-order valence-corrected chi connectivity index (χ3v) is 3.98. The Hall–Kier alpha value is -0.280. The molecule has 0 bridgehead atoms. The van der Waals surface area contributed by atoms with E-state index in [0.717, 1.165) is 25.3 Å². The first-order valence-electron chi connectivity index (χ1n) is 6.13. The molecular formula is C12H23ClN2O. The lowest BCUT2D eigenvalue weighted by molar-refractivity contribution is -0.140. The fraction of sp³-hybridized carbons (Fsp3) is 0.917. The Bertz CT molecular complexity index is 247. The SMILES string of the molecule is CN(CC1CC1)C(=O)C1(CN)CCCC1.Cl. The van der Waals surface area contributed by atoms with Gasteiger partial charge in [0.05, 0.1) is 5.41 Å². The summed E-state index contributed by atoms with van der Waals surface area (Å²) in [5, 5.41) is 0. The Kier molecular flexibility index (Phi) is 4.62. The first kappa shape index (κ1) is 13.8. The molecule has 2 N–H and O–H groups in total. The number of rotatable bonds is 4. The van der Waals surface area contributed by atoms with Crippen LogP contribution < -0.4 is 5.73 Å². The first-order valence-corrected chi connectivity index (χ1v) is 6.13. The molecule has 4 heteroatoms. The van der Waals surface area contributed by atoms with Crippen LogP contribution in [-0.4, -0.2) is 30.9 Å². The molecular weight excluding hydrogens is 224 g/mol. The first-order chi connectivity index (χ1) is 7.18. The van der Waals surface area contributed by atoms with Crippen molar-refractivity contribution in [2.45, 2.75) is 38.5 Å².